The van der Waals surface area contributed by atoms with Crippen molar-refractivity contribution in [2.24, 2.45) is 5.92 Å². The maximum atomic E-state index is 14.0. The minimum absolute atomic E-state index is 0.0748. The van der Waals surface area contributed by atoms with Crippen LogP contribution in [0.15, 0.2) is 48.5 Å². The monoisotopic (exact) mass is 427 g/mol. The number of hydrogen-bond acceptors (Lipinski definition) is 3. The minimum atomic E-state index is -0.572. The van der Waals surface area contributed by atoms with Gasteiger partial charge in [-0.1, -0.05) is 43.3 Å². The van der Waals surface area contributed by atoms with Crippen molar-refractivity contribution < 1.29 is 13.6 Å². The van der Waals surface area contributed by atoms with Gasteiger partial charge in [0.2, 0.25) is 5.91 Å². The Morgan fingerprint density at radius 1 is 1.10 bits per heavy atom. The number of rotatable bonds is 6. The Balaban J connectivity index is 1.44. The Hall–Kier alpha value is -2.31. The summed E-state index contributed by atoms with van der Waals surface area (Å²) in [5.74, 6) is -0.229. The molecule has 2 fully saturated rings. The minimum Gasteiger partial charge on any atom is -0.341 e. The zero-order chi connectivity index (χ0) is 21.8. The predicted molar refractivity (Wildman–Crippen MR) is 117 cm³/mol. The van der Waals surface area contributed by atoms with Gasteiger partial charge in [-0.2, -0.15) is 0 Å². The second-order valence-electron chi connectivity index (χ2n) is 8.99. The molecule has 0 aliphatic carbocycles. The van der Waals surface area contributed by atoms with Crippen LogP contribution in [0.4, 0.5) is 8.78 Å². The van der Waals surface area contributed by atoms with Crippen LogP contribution in [-0.2, 0) is 17.9 Å². The van der Waals surface area contributed by atoms with Gasteiger partial charge in [0.15, 0.2) is 0 Å². The predicted octanol–water partition coefficient (Wildman–Crippen LogP) is 3.96. The number of piperidine rings is 1. The highest BCUT2D eigenvalue weighted by Crippen LogP contribution is 2.25. The molecule has 2 aliphatic rings. The number of carbonyl (C=O) groups excluding carboxylic acids is 1. The Bertz CT molecular complexity index is 884. The van der Waals surface area contributed by atoms with Gasteiger partial charge in [0.1, 0.15) is 11.6 Å². The van der Waals surface area contributed by atoms with Crippen molar-refractivity contribution in [2.75, 3.05) is 19.6 Å². The van der Waals surface area contributed by atoms with Crippen molar-refractivity contribution in [3.63, 3.8) is 0 Å². The number of carbonyl (C=O) groups is 1. The zero-order valence-corrected chi connectivity index (χ0v) is 18.1. The highest BCUT2D eigenvalue weighted by Gasteiger charge is 2.39. The SMILES string of the molecule is CC1CCN(C(=O)C2CC(NCc3ccc(F)cc3F)CN2Cc2ccccc2)CC1. The number of benzene rings is 2. The van der Waals surface area contributed by atoms with Gasteiger partial charge >= 0.3 is 0 Å². The largest absolute Gasteiger partial charge is 0.341 e. The summed E-state index contributed by atoms with van der Waals surface area (Å²) >= 11 is 0. The molecule has 2 saturated heterocycles. The van der Waals surface area contributed by atoms with E-state index in [1.807, 2.05) is 23.1 Å². The molecule has 2 aromatic rings. The molecule has 1 amide bonds. The Kier molecular flexibility index (Phi) is 6.98. The maximum absolute atomic E-state index is 14.0. The van der Waals surface area contributed by atoms with Crippen LogP contribution in [0.25, 0.3) is 0 Å². The van der Waals surface area contributed by atoms with Gasteiger partial charge in [-0.3, -0.25) is 9.69 Å². The van der Waals surface area contributed by atoms with Crippen LogP contribution >= 0.6 is 0 Å². The van der Waals surface area contributed by atoms with Crippen molar-refractivity contribution in [3.8, 4) is 0 Å². The summed E-state index contributed by atoms with van der Waals surface area (Å²) in [6.45, 7) is 5.65. The molecular formula is C25H31F2N3O. The number of halogens is 2. The standard InChI is InChI=1S/C25H31F2N3O/c1-18-9-11-29(12-10-18)25(31)24-14-22(17-30(24)16-19-5-3-2-4-6-19)28-15-20-7-8-21(26)13-23(20)27/h2-8,13,18,22,24,28H,9-12,14-17H2,1H3. The first-order chi connectivity index (χ1) is 15.0. The normalized spacial score (nSPS) is 22.7. The van der Waals surface area contributed by atoms with E-state index in [1.165, 1.54) is 17.7 Å². The van der Waals surface area contributed by atoms with Gasteiger partial charge in [0.05, 0.1) is 6.04 Å². The average molecular weight is 428 g/mol. The number of nitrogens with zero attached hydrogens (tertiary/aromatic N) is 2. The summed E-state index contributed by atoms with van der Waals surface area (Å²) < 4.78 is 27.2. The molecule has 0 radical (unpaired) electrons. The maximum Gasteiger partial charge on any atom is 0.240 e. The van der Waals surface area contributed by atoms with Crippen molar-refractivity contribution in [1.29, 1.82) is 0 Å². The second-order valence-corrected chi connectivity index (χ2v) is 8.99. The lowest BCUT2D eigenvalue weighted by Gasteiger charge is -2.34. The molecular weight excluding hydrogens is 396 g/mol. The van der Waals surface area contributed by atoms with Crippen molar-refractivity contribution in [2.45, 2.75) is 51.4 Å². The van der Waals surface area contributed by atoms with Gasteiger partial charge in [0.25, 0.3) is 0 Å². The van der Waals surface area contributed by atoms with E-state index in [0.29, 0.717) is 31.0 Å². The van der Waals surface area contributed by atoms with Crippen LogP contribution in [0.1, 0.15) is 37.3 Å². The van der Waals surface area contributed by atoms with Crippen LogP contribution in [0.2, 0.25) is 0 Å². The van der Waals surface area contributed by atoms with E-state index in [1.54, 1.807) is 0 Å². The fourth-order valence-electron chi connectivity index (χ4n) is 4.66. The van der Waals surface area contributed by atoms with Crippen LogP contribution < -0.4 is 5.32 Å². The second kappa shape index (κ2) is 9.88. The van der Waals surface area contributed by atoms with E-state index in [0.717, 1.165) is 38.5 Å². The average Bonchev–Trinajstić information content (AvgIpc) is 3.16. The molecule has 0 aromatic heterocycles. The molecule has 2 unspecified atom stereocenters. The Morgan fingerprint density at radius 3 is 2.55 bits per heavy atom. The molecule has 166 valence electrons. The summed E-state index contributed by atoms with van der Waals surface area (Å²) in [4.78, 5) is 17.6. The lowest BCUT2D eigenvalue weighted by molar-refractivity contribution is -0.137. The summed E-state index contributed by atoms with van der Waals surface area (Å²) in [5.41, 5.74) is 1.62. The number of nitrogens with one attached hydrogen (secondary N) is 1. The lowest BCUT2D eigenvalue weighted by Crippen LogP contribution is -2.48. The van der Waals surface area contributed by atoms with E-state index < -0.39 is 11.6 Å². The molecule has 4 nitrogen and oxygen atoms in total. The van der Waals surface area contributed by atoms with Gasteiger partial charge in [0, 0.05) is 50.4 Å². The molecule has 6 heteroatoms. The number of hydrogen-bond donors (Lipinski definition) is 1. The highest BCUT2D eigenvalue weighted by atomic mass is 19.1. The van der Waals surface area contributed by atoms with Gasteiger partial charge in [-0.15, -0.1) is 0 Å². The van der Waals surface area contributed by atoms with E-state index in [2.05, 4.69) is 29.3 Å². The first-order valence-electron chi connectivity index (χ1n) is 11.2. The van der Waals surface area contributed by atoms with Crippen LogP contribution in [0.5, 0.6) is 0 Å². The number of likely N-dealkylation sites (tertiary alicyclic amines) is 2. The first kappa shape index (κ1) is 21.9. The van der Waals surface area contributed by atoms with Gasteiger partial charge < -0.3 is 10.2 Å². The topological polar surface area (TPSA) is 35.6 Å². The van der Waals surface area contributed by atoms with E-state index in [4.69, 9.17) is 0 Å². The van der Waals surface area contributed by atoms with Crippen molar-refractivity contribution in [1.82, 2.24) is 15.1 Å². The highest BCUT2D eigenvalue weighted by molar-refractivity contribution is 5.82. The molecule has 4 rings (SSSR count). The molecule has 31 heavy (non-hydrogen) atoms. The van der Waals surface area contributed by atoms with E-state index in [-0.39, 0.29) is 18.0 Å². The van der Waals surface area contributed by atoms with E-state index in [9.17, 15) is 13.6 Å². The smallest absolute Gasteiger partial charge is 0.240 e. The third kappa shape index (κ3) is 5.49. The van der Waals surface area contributed by atoms with Gasteiger partial charge in [-0.05, 0) is 36.8 Å². The quantitative estimate of drug-likeness (QED) is 0.758. The van der Waals surface area contributed by atoms with Gasteiger partial charge in [-0.25, -0.2) is 8.78 Å². The molecule has 2 atom stereocenters. The van der Waals surface area contributed by atoms with Crippen molar-refractivity contribution in [3.05, 3.63) is 71.3 Å². The number of amides is 1. The summed E-state index contributed by atoms with van der Waals surface area (Å²) in [7, 11) is 0. The Labute approximate surface area is 183 Å². The first-order valence-corrected chi connectivity index (χ1v) is 11.2. The Morgan fingerprint density at radius 2 is 1.84 bits per heavy atom. The van der Waals surface area contributed by atoms with Crippen LogP contribution in [0, 0.1) is 17.6 Å². The third-order valence-corrected chi connectivity index (χ3v) is 6.61. The third-order valence-electron chi connectivity index (χ3n) is 6.61. The zero-order valence-electron chi connectivity index (χ0n) is 18.1. The molecule has 2 aliphatic heterocycles. The molecule has 0 bridgehead atoms. The summed E-state index contributed by atoms with van der Waals surface area (Å²) in [6, 6.07) is 13.8. The summed E-state index contributed by atoms with van der Waals surface area (Å²) in [5, 5.41) is 3.39. The van der Waals surface area contributed by atoms with Crippen LogP contribution in [0.3, 0.4) is 0 Å². The molecule has 1 N–H and O–H groups in total. The molecule has 2 aromatic carbocycles. The van der Waals surface area contributed by atoms with Crippen molar-refractivity contribution >= 4 is 5.91 Å². The lowest BCUT2D eigenvalue weighted by atomic mass is 9.98. The van der Waals surface area contributed by atoms with E-state index >= 15 is 0 Å². The fourth-order valence-corrected chi connectivity index (χ4v) is 4.66. The molecule has 2 heterocycles. The molecule has 0 spiro atoms. The van der Waals surface area contributed by atoms with Crippen LogP contribution in [-0.4, -0.2) is 47.4 Å². The summed E-state index contributed by atoms with van der Waals surface area (Å²) in [6.07, 6.45) is 2.81. The fraction of sp³-hybridized carbons (Fsp3) is 0.480. The molecule has 0 saturated carbocycles.